The summed E-state index contributed by atoms with van der Waals surface area (Å²) in [4.78, 5) is 17.3. The molecule has 0 aliphatic rings. The SMILES string of the molecule is CCC(C)Nc1ccnc(C(=O)N(C)C)c1. The van der Waals surface area contributed by atoms with E-state index in [1.54, 1.807) is 26.4 Å². The average molecular weight is 221 g/mol. The summed E-state index contributed by atoms with van der Waals surface area (Å²) in [6, 6.07) is 4.05. The summed E-state index contributed by atoms with van der Waals surface area (Å²) in [5, 5.41) is 3.31. The molecule has 1 N–H and O–H groups in total. The van der Waals surface area contributed by atoms with Gasteiger partial charge in [-0.05, 0) is 25.5 Å². The third kappa shape index (κ3) is 3.22. The topological polar surface area (TPSA) is 45.2 Å². The summed E-state index contributed by atoms with van der Waals surface area (Å²) in [7, 11) is 3.44. The number of nitrogens with zero attached hydrogens (tertiary/aromatic N) is 2. The second-order valence-corrected chi connectivity index (χ2v) is 4.08. The number of carbonyl (C=O) groups excluding carboxylic acids is 1. The molecule has 0 aliphatic carbocycles. The van der Waals surface area contributed by atoms with Gasteiger partial charge in [0.1, 0.15) is 5.69 Å². The Morgan fingerprint density at radius 2 is 2.25 bits per heavy atom. The lowest BCUT2D eigenvalue weighted by Crippen LogP contribution is -2.23. The highest BCUT2D eigenvalue weighted by Gasteiger charge is 2.10. The van der Waals surface area contributed by atoms with Crippen LogP contribution in [0.5, 0.6) is 0 Å². The molecular formula is C12H19N3O. The quantitative estimate of drug-likeness (QED) is 0.845. The lowest BCUT2D eigenvalue weighted by molar-refractivity contribution is 0.0822. The van der Waals surface area contributed by atoms with Crippen LogP contribution in [0, 0.1) is 0 Å². The highest BCUT2D eigenvalue weighted by atomic mass is 16.2. The molecule has 0 bridgehead atoms. The number of pyridine rings is 1. The number of nitrogens with one attached hydrogen (secondary N) is 1. The molecule has 1 amide bonds. The highest BCUT2D eigenvalue weighted by molar-refractivity contribution is 5.92. The Morgan fingerprint density at radius 1 is 1.56 bits per heavy atom. The molecule has 0 spiro atoms. The molecule has 1 unspecified atom stereocenters. The van der Waals surface area contributed by atoms with E-state index >= 15 is 0 Å². The lowest BCUT2D eigenvalue weighted by atomic mass is 10.2. The van der Waals surface area contributed by atoms with Gasteiger partial charge in [-0.2, -0.15) is 0 Å². The van der Waals surface area contributed by atoms with Gasteiger partial charge in [0.25, 0.3) is 5.91 Å². The number of hydrogen-bond donors (Lipinski definition) is 1. The van der Waals surface area contributed by atoms with E-state index in [-0.39, 0.29) is 5.91 Å². The van der Waals surface area contributed by atoms with Crippen LogP contribution in [0.4, 0.5) is 5.69 Å². The number of rotatable bonds is 4. The van der Waals surface area contributed by atoms with Gasteiger partial charge in [-0.25, -0.2) is 0 Å². The van der Waals surface area contributed by atoms with Gasteiger partial charge < -0.3 is 10.2 Å². The minimum atomic E-state index is -0.0761. The van der Waals surface area contributed by atoms with Gasteiger partial charge in [-0.1, -0.05) is 6.92 Å². The van der Waals surface area contributed by atoms with Crippen molar-refractivity contribution in [3.8, 4) is 0 Å². The molecule has 0 saturated heterocycles. The molecule has 0 aromatic carbocycles. The van der Waals surface area contributed by atoms with Gasteiger partial charge in [0.15, 0.2) is 0 Å². The fourth-order valence-corrected chi connectivity index (χ4v) is 1.25. The zero-order chi connectivity index (χ0) is 12.1. The Kier molecular flexibility index (Phi) is 4.28. The van der Waals surface area contributed by atoms with Crippen LogP contribution in [-0.2, 0) is 0 Å². The molecule has 4 nitrogen and oxygen atoms in total. The molecule has 1 rings (SSSR count). The van der Waals surface area contributed by atoms with E-state index in [1.807, 2.05) is 6.07 Å². The van der Waals surface area contributed by atoms with Crippen molar-refractivity contribution in [3.05, 3.63) is 24.0 Å². The molecule has 0 radical (unpaired) electrons. The van der Waals surface area contributed by atoms with Crippen molar-refractivity contribution in [2.75, 3.05) is 19.4 Å². The second kappa shape index (κ2) is 5.49. The van der Waals surface area contributed by atoms with E-state index in [0.29, 0.717) is 11.7 Å². The minimum absolute atomic E-state index is 0.0761. The van der Waals surface area contributed by atoms with E-state index in [0.717, 1.165) is 12.1 Å². The van der Waals surface area contributed by atoms with Crippen molar-refractivity contribution in [1.82, 2.24) is 9.88 Å². The Bertz CT molecular complexity index is 363. The van der Waals surface area contributed by atoms with Crippen molar-refractivity contribution in [3.63, 3.8) is 0 Å². The molecule has 1 atom stereocenters. The van der Waals surface area contributed by atoms with Crippen LogP contribution >= 0.6 is 0 Å². The molecule has 1 aromatic heterocycles. The highest BCUT2D eigenvalue weighted by Crippen LogP contribution is 2.11. The first-order valence-electron chi connectivity index (χ1n) is 5.48. The second-order valence-electron chi connectivity index (χ2n) is 4.08. The van der Waals surface area contributed by atoms with Gasteiger partial charge in [0, 0.05) is 32.0 Å². The predicted molar refractivity (Wildman–Crippen MR) is 65.6 cm³/mol. The molecule has 1 heterocycles. The molecule has 16 heavy (non-hydrogen) atoms. The molecular weight excluding hydrogens is 202 g/mol. The van der Waals surface area contributed by atoms with Crippen molar-refractivity contribution in [2.24, 2.45) is 0 Å². The number of anilines is 1. The third-order valence-electron chi connectivity index (χ3n) is 2.41. The molecule has 1 aromatic rings. The first kappa shape index (κ1) is 12.5. The minimum Gasteiger partial charge on any atom is -0.382 e. The molecule has 0 aliphatic heterocycles. The summed E-state index contributed by atoms with van der Waals surface area (Å²) < 4.78 is 0. The third-order valence-corrected chi connectivity index (χ3v) is 2.41. The zero-order valence-corrected chi connectivity index (χ0v) is 10.3. The molecule has 88 valence electrons. The predicted octanol–water partition coefficient (Wildman–Crippen LogP) is 1.99. The standard InChI is InChI=1S/C12H19N3O/c1-5-9(2)14-10-6-7-13-11(8-10)12(16)15(3)4/h6-9H,5H2,1-4H3,(H,13,14). The number of hydrogen-bond acceptors (Lipinski definition) is 3. The lowest BCUT2D eigenvalue weighted by Gasteiger charge is -2.14. The van der Waals surface area contributed by atoms with Crippen LogP contribution in [0.15, 0.2) is 18.3 Å². The van der Waals surface area contributed by atoms with Gasteiger partial charge in [0.05, 0.1) is 0 Å². The maximum Gasteiger partial charge on any atom is 0.272 e. The van der Waals surface area contributed by atoms with Gasteiger partial charge in [-0.15, -0.1) is 0 Å². The Hall–Kier alpha value is -1.58. The maximum atomic E-state index is 11.7. The Morgan fingerprint density at radius 3 is 2.81 bits per heavy atom. The van der Waals surface area contributed by atoms with E-state index in [4.69, 9.17) is 0 Å². The van der Waals surface area contributed by atoms with Crippen LogP contribution in [0.3, 0.4) is 0 Å². The van der Waals surface area contributed by atoms with E-state index in [9.17, 15) is 4.79 Å². The van der Waals surface area contributed by atoms with Crippen molar-refractivity contribution in [2.45, 2.75) is 26.3 Å². The molecule has 4 heteroatoms. The van der Waals surface area contributed by atoms with Crippen molar-refractivity contribution < 1.29 is 4.79 Å². The van der Waals surface area contributed by atoms with Crippen LogP contribution in [-0.4, -0.2) is 35.9 Å². The Labute approximate surface area is 96.7 Å². The summed E-state index contributed by atoms with van der Waals surface area (Å²) in [5.41, 5.74) is 1.41. The first-order valence-corrected chi connectivity index (χ1v) is 5.48. The fourth-order valence-electron chi connectivity index (χ4n) is 1.25. The van der Waals surface area contributed by atoms with Crippen molar-refractivity contribution in [1.29, 1.82) is 0 Å². The largest absolute Gasteiger partial charge is 0.382 e. The summed E-state index contributed by atoms with van der Waals surface area (Å²) in [5.74, 6) is -0.0761. The normalized spacial score (nSPS) is 12.0. The summed E-state index contributed by atoms with van der Waals surface area (Å²) in [6.07, 6.45) is 2.70. The fraction of sp³-hybridized carbons (Fsp3) is 0.500. The molecule has 0 fully saturated rings. The Balaban J connectivity index is 2.83. The van der Waals surface area contributed by atoms with Gasteiger partial charge in [0.2, 0.25) is 0 Å². The summed E-state index contributed by atoms with van der Waals surface area (Å²) >= 11 is 0. The van der Waals surface area contributed by atoms with Crippen molar-refractivity contribution >= 4 is 11.6 Å². The van der Waals surface area contributed by atoms with Crippen LogP contribution in [0.2, 0.25) is 0 Å². The summed E-state index contributed by atoms with van der Waals surface area (Å²) in [6.45, 7) is 4.22. The van der Waals surface area contributed by atoms with Crippen LogP contribution in [0.1, 0.15) is 30.8 Å². The smallest absolute Gasteiger partial charge is 0.272 e. The maximum absolute atomic E-state index is 11.7. The van der Waals surface area contributed by atoms with E-state index in [1.165, 1.54) is 4.90 Å². The number of amides is 1. The zero-order valence-electron chi connectivity index (χ0n) is 10.3. The molecule has 0 saturated carbocycles. The van der Waals surface area contributed by atoms with E-state index < -0.39 is 0 Å². The first-order chi connectivity index (χ1) is 7.54. The van der Waals surface area contributed by atoms with Crippen LogP contribution in [0.25, 0.3) is 0 Å². The monoisotopic (exact) mass is 221 g/mol. The van der Waals surface area contributed by atoms with Gasteiger partial charge in [-0.3, -0.25) is 9.78 Å². The van der Waals surface area contributed by atoms with Gasteiger partial charge >= 0.3 is 0 Å². The number of carbonyl (C=O) groups is 1. The van der Waals surface area contributed by atoms with Crippen LogP contribution < -0.4 is 5.32 Å². The number of aromatic nitrogens is 1. The van der Waals surface area contributed by atoms with E-state index in [2.05, 4.69) is 24.1 Å². The average Bonchev–Trinajstić information content (AvgIpc) is 2.28.